The third-order valence-electron chi connectivity index (χ3n) is 7.14. The number of amides is 1. The summed E-state index contributed by atoms with van der Waals surface area (Å²) in [4.78, 5) is 28.6. The Morgan fingerprint density at radius 2 is 1.86 bits per heavy atom. The lowest BCUT2D eigenvalue weighted by atomic mass is 9.88. The molecule has 5 aromatic rings. The van der Waals surface area contributed by atoms with Crippen LogP contribution in [-0.2, 0) is 26.2 Å². The molecule has 1 aliphatic rings. The van der Waals surface area contributed by atoms with Gasteiger partial charge in [-0.1, -0.05) is 0 Å². The fraction of sp³-hybridized carbons (Fsp3) is 0.276. The second-order valence-corrected chi connectivity index (χ2v) is 9.82. The molecule has 1 aliphatic heterocycles. The minimum absolute atomic E-state index is 0.0732. The zero-order chi connectivity index (χ0) is 29.6. The van der Waals surface area contributed by atoms with Gasteiger partial charge >= 0.3 is 6.18 Å². The number of methoxy groups -OCH3 is 1. The zero-order valence-electron chi connectivity index (χ0n) is 23.0. The van der Waals surface area contributed by atoms with Crippen molar-refractivity contribution in [3.8, 4) is 22.6 Å². The molecule has 0 spiro atoms. The molecule has 42 heavy (non-hydrogen) atoms. The van der Waals surface area contributed by atoms with Gasteiger partial charge in [0.25, 0.3) is 5.91 Å². The summed E-state index contributed by atoms with van der Waals surface area (Å²) in [6, 6.07) is 6.89. The van der Waals surface area contributed by atoms with Crippen LogP contribution in [0.25, 0.3) is 22.0 Å². The number of anilines is 1. The maximum atomic E-state index is 14.2. The van der Waals surface area contributed by atoms with Crippen molar-refractivity contribution in [3.05, 3.63) is 77.9 Å². The number of alkyl halides is 3. The van der Waals surface area contributed by atoms with E-state index in [0.29, 0.717) is 70.0 Å². The Balaban J connectivity index is 1.50. The molecular formula is C29H26F3N7O3. The summed E-state index contributed by atoms with van der Waals surface area (Å²) in [6.45, 7) is 2.76. The van der Waals surface area contributed by atoms with Gasteiger partial charge < -0.3 is 14.0 Å². The number of halogens is 3. The summed E-state index contributed by atoms with van der Waals surface area (Å²) < 4.78 is 56.2. The molecule has 0 fully saturated rings. The van der Waals surface area contributed by atoms with Crippen LogP contribution in [0.15, 0.2) is 55.5 Å². The molecule has 0 radical (unpaired) electrons. The van der Waals surface area contributed by atoms with Crippen LogP contribution in [0.3, 0.4) is 0 Å². The van der Waals surface area contributed by atoms with Crippen molar-refractivity contribution in [2.75, 3.05) is 25.2 Å². The Kier molecular flexibility index (Phi) is 6.79. The summed E-state index contributed by atoms with van der Waals surface area (Å²) in [6.07, 6.45) is 3.30. The molecule has 0 atom stereocenters. The van der Waals surface area contributed by atoms with E-state index in [-0.39, 0.29) is 18.0 Å². The zero-order valence-corrected chi connectivity index (χ0v) is 23.0. The highest BCUT2D eigenvalue weighted by Gasteiger charge is 2.39. The number of hydrogen-bond acceptors (Lipinski definition) is 7. The monoisotopic (exact) mass is 577 g/mol. The number of fused-ring (bicyclic) bond motifs is 2. The fourth-order valence-corrected chi connectivity index (χ4v) is 5.38. The van der Waals surface area contributed by atoms with Gasteiger partial charge in [-0.05, 0) is 48.2 Å². The van der Waals surface area contributed by atoms with E-state index in [9.17, 15) is 18.0 Å². The summed E-state index contributed by atoms with van der Waals surface area (Å²) in [5.41, 5.74) is 1.28. The largest absolute Gasteiger partial charge is 0.493 e. The highest BCUT2D eigenvalue weighted by molar-refractivity contribution is 6.12. The third kappa shape index (κ3) is 4.80. The predicted octanol–water partition coefficient (Wildman–Crippen LogP) is 4.90. The molecule has 0 N–H and O–H groups in total. The van der Waals surface area contributed by atoms with Gasteiger partial charge in [0.1, 0.15) is 12.1 Å². The van der Waals surface area contributed by atoms with E-state index in [2.05, 4.69) is 20.1 Å². The van der Waals surface area contributed by atoms with Crippen LogP contribution in [0.2, 0.25) is 0 Å². The molecule has 2 aromatic carbocycles. The first-order valence-corrected chi connectivity index (χ1v) is 13.2. The van der Waals surface area contributed by atoms with E-state index < -0.39 is 11.9 Å². The van der Waals surface area contributed by atoms with Gasteiger partial charge in [-0.25, -0.2) is 15.0 Å². The smallest absolute Gasteiger partial charge is 0.435 e. The maximum absolute atomic E-state index is 14.2. The van der Waals surface area contributed by atoms with Crippen LogP contribution in [0.4, 0.5) is 19.0 Å². The van der Waals surface area contributed by atoms with Crippen LogP contribution in [0, 0.1) is 0 Å². The van der Waals surface area contributed by atoms with Crippen molar-refractivity contribution in [3.63, 3.8) is 0 Å². The number of rotatable bonds is 7. The molecule has 1 amide bonds. The highest BCUT2D eigenvalue weighted by atomic mass is 19.4. The van der Waals surface area contributed by atoms with E-state index in [1.165, 1.54) is 31.6 Å². The summed E-state index contributed by atoms with van der Waals surface area (Å²) in [5.74, 6) is 0.971. The molecule has 10 nitrogen and oxygen atoms in total. The van der Waals surface area contributed by atoms with Crippen LogP contribution >= 0.6 is 0 Å². The molecule has 3 aromatic heterocycles. The van der Waals surface area contributed by atoms with Crippen LogP contribution in [-0.4, -0.2) is 55.5 Å². The molecule has 0 saturated heterocycles. The normalized spacial score (nSPS) is 13.5. The second kappa shape index (κ2) is 10.5. The van der Waals surface area contributed by atoms with Crippen molar-refractivity contribution < 1.29 is 27.4 Å². The van der Waals surface area contributed by atoms with E-state index in [1.807, 2.05) is 6.92 Å². The quantitative estimate of drug-likeness (QED) is 0.271. The van der Waals surface area contributed by atoms with Crippen LogP contribution in [0.1, 0.15) is 34.1 Å². The van der Waals surface area contributed by atoms with Gasteiger partial charge in [0.15, 0.2) is 17.2 Å². The number of nitrogens with zero attached hydrogens (tertiary/aromatic N) is 7. The molecular weight excluding hydrogens is 551 g/mol. The van der Waals surface area contributed by atoms with Crippen LogP contribution < -0.4 is 14.4 Å². The lowest BCUT2D eigenvalue weighted by Gasteiger charge is -2.30. The molecule has 0 bridgehead atoms. The average Bonchev–Trinajstić information content (AvgIpc) is 3.62. The van der Waals surface area contributed by atoms with Crippen molar-refractivity contribution in [2.45, 2.75) is 26.1 Å². The first kappa shape index (κ1) is 27.2. The predicted molar refractivity (Wildman–Crippen MR) is 148 cm³/mol. The van der Waals surface area contributed by atoms with Gasteiger partial charge in [-0.15, -0.1) is 0 Å². The Hall–Kier alpha value is -4.94. The maximum Gasteiger partial charge on any atom is 0.435 e. The Morgan fingerprint density at radius 1 is 1.05 bits per heavy atom. The summed E-state index contributed by atoms with van der Waals surface area (Å²) >= 11 is 0. The fourth-order valence-electron chi connectivity index (χ4n) is 5.38. The Labute approximate surface area is 238 Å². The Bertz CT molecular complexity index is 1800. The van der Waals surface area contributed by atoms with E-state index >= 15 is 0 Å². The van der Waals surface area contributed by atoms with E-state index in [1.54, 1.807) is 47.6 Å². The number of imidazole rings is 1. The molecule has 0 unspecified atom stereocenters. The van der Waals surface area contributed by atoms with Gasteiger partial charge in [-0.2, -0.15) is 18.3 Å². The Morgan fingerprint density at radius 3 is 2.57 bits per heavy atom. The highest BCUT2D eigenvalue weighted by Crippen LogP contribution is 2.41. The van der Waals surface area contributed by atoms with Crippen molar-refractivity contribution in [1.29, 1.82) is 0 Å². The summed E-state index contributed by atoms with van der Waals surface area (Å²) in [7, 11) is 2.97. The topological polar surface area (TPSA) is 100 Å². The number of carbonyl (C=O) groups is 1. The van der Waals surface area contributed by atoms with E-state index in [4.69, 9.17) is 9.47 Å². The number of aryl methyl sites for hydroxylation is 1. The lowest BCUT2D eigenvalue weighted by molar-refractivity contribution is -0.140. The number of hydrogen-bond donors (Lipinski definition) is 0. The molecule has 0 aliphatic carbocycles. The number of ether oxygens (including phenoxy) is 2. The average molecular weight is 578 g/mol. The van der Waals surface area contributed by atoms with Gasteiger partial charge in [0, 0.05) is 61.3 Å². The lowest BCUT2D eigenvalue weighted by Crippen LogP contribution is -2.38. The van der Waals surface area contributed by atoms with Gasteiger partial charge in [0.2, 0.25) is 0 Å². The van der Waals surface area contributed by atoms with Crippen LogP contribution in [0.5, 0.6) is 11.5 Å². The minimum atomic E-state index is -4.67. The van der Waals surface area contributed by atoms with Crippen molar-refractivity contribution in [1.82, 2.24) is 29.3 Å². The number of carbonyl (C=O) groups excluding carboxylic acids is 1. The number of benzene rings is 2. The van der Waals surface area contributed by atoms with E-state index in [0.717, 1.165) is 4.68 Å². The molecule has 216 valence electrons. The molecule has 0 saturated carbocycles. The first-order chi connectivity index (χ1) is 20.2. The minimum Gasteiger partial charge on any atom is -0.493 e. The van der Waals surface area contributed by atoms with Gasteiger partial charge in [0.05, 0.1) is 25.6 Å². The second-order valence-electron chi connectivity index (χ2n) is 9.82. The summed E-state index contributed by atoms with van der Waals surface area (Å²) in [5, 5.41) is 4.29. The first-order valence-electron chi connectivity index (χ1n) is 13.2. The third-order valence-corrected chi connectivity index (χ3v) is 7.14. The molecule has 13 heteroatoms. The SMILES string of the molecule is CCOc1cc2c(N3CCc4c(cc(Cn5ccnc5)cc4-c4cn(C)nc4C(F)(F)F)C3=O)ncnc2cc1OC. The molecule has 6 rings (SSSR count). The van der Waals surface area contributed by atoms with Crippen molar-refractivity contribution in [2.24, 2.45) is 7.05 Å². The van der Waals surface area contributed by atoms with Gasteiger partial charge in [-0.3, -0.25) is 14.4 Å². The molecule has 4 heterocycles. The standard InChI is InChI=1S/C29H26F3N7O3/c1-4-42-25-11-21-23(12-24(25)41-3)34-15-35-27(21)39-7-5-18-19(22-14-37(2)36-26(22)29(30,31)32)9-17(10-20(18)28(39)40)13-38-8-6-33-16-38/h6,8-12,14-16H,4-5,7,13H2,1-3H3. The number of aromatic nitrogens is 6. The van der Waals surface area contributed by atoms with Crippen molar-refractivity contribution >= 4 is 22.6 Å².